The lowest BCUT2D eigenvalue weighted by Gasteiger charge is -2.22. The minimum atomic E-state index is -0.111. The van der Waals surface area contributed by atoms with E-state index in [2.05, 4.69) is 27.1 Å². The Labute approximate surface area is 167 Å². The second-order valence-electron chi connectivity index (χ2n) is 6.73. The van der Waals surface area contributed by atoms with E-state index >= 15 is 0 Å². The predicted octanol–water partition coefficient (Wildman–Crippen LogP) is 5.30. The van der Waals surface area contributed by atoms with Crippen LogP contribution in [0.2, 0.25) is 0 Å². The molecule has 0 spiro atoms. The molecule has 138 valence electrons. The molecule has 0 aliphatic carbocycles. The lowest BCUT2D eigenvalue weighted by atomic mass is 10.1. The van der Waals surface area contributed by atoms with Gasteiger partial charge >= 0.3 is 0 Å². The van der Waals surface area contributed by atoms with E-state index in [-0.39, 0.29) is 11.8 Å². The second-order valence-corrected chi connectivity index (χ2v) is 7.58. The van der Waals surface area contributed by atoms with E-state index in [1.54, 1.807) is 11.9 Å². The average molecular weight is 426 g/mol. The van der Waals surface area contributed by atoms with Gasteiger partial charge in [-0.2, -0.15) is 10.4 Å². The number of hydrazone groups is 1. The van der Waals surface area contributed by atoms with Gasteiger partial charge in [-0.3, -0.25) is 9.80 Å². The number of benzene rings is 2. The number of rotatable bonds is 5. The van der Waals surface area contributed by atoms with E-state index in [0.29, 0.717) is 18.6 Å². The molecule has 3 rings (SSSR count). The van der Waals surface area contributed by atoms with Crippen LogP contribution in [-0.4, -0.2) is 17.5 Å². The number of nitriles is 1. The summed E-state index contributed by atoms with van der Waals surface area (Å²) < 4.78 is 7.07. The van der Waals surface area contributed by atoms with Gasteiger partial charge in [-0.25, -0.2) is 0 Å². The Balaban J connectivity index is 1.80. The van der Waals surface area contributed by atoms with Crippen molar-refractivity contribution < 1.29 is 9.53 Å². The van der Waals surface area contributed by atoms with Crippen molar-refractivity contribution in [1.82, 2.24) is 0 Å². The van der Waals surface area contributed by atoms with Crippen LogP contribution in [0, 0.1) is 25.2 Å². The van der Waals surface area contributed by atoms with E-state index in [0.717, 1.165) is 32.8 Å². The Bertz CT molecular complexity index is 945. The number of aryl methyl sites for hydroxylation is 2. The summed E-state index contributed by atoms with van der Waals surface area (Å²) in [4.78, 5) is 11.5. The molecule has 1 unspecified atom stereocenters. The third-order valence-electron chi connectivity index (χ3n) is 4.44. The first-order valence-corrected chi connectivity index (χ1v) is 9.47. The van der Waals surface area contributed by atoms with Gasteiger partial charge in [0.15, 0.2) is 0 Å². The van der Waals surface area contributed by atoms with Gasteiger partial charge in [0.25, 0.3) is 0 Å². The van der Waals surface area contributed by atoms with E-state index < -0.39 is 0 Å². The van der Waals surface area contributed by atoms with Gasteiger partial charge in [-0.1, -0.05) is 15.9 Å². The molecule has 0 aromatic heterocycles. The minimum absolute atomic E-state index is 0.0837. The van der Waals surface area contributed by atoms with Gasteiger partial charge in [0.2, 0.25) is 0 Å². The molecule has 0 N–H and O–H groups in total. The zero-order valence-electron chi connectivity index (χ0n) is 15.5. The lowest BCUT2D eigenvalue weighted by molar-refractivity contribution is -0.117. The maximum absolute atomic E-state index is 11.5. The Kier molecular flexibility index (Phi) is 5.62. The minimum Gasteiger partial charge on any atom is -0.457 e. The van der Waals surface area contributed by atoms with Crippen LogP contribution in [0.25, 0.3) is 0 Å². The van der Waals surface area contributed by atoms with Crippen molar-refractivity contribution in [1.29, 1.82) is 5.26 Å². The van der Waals surface area contributed by atoms with Gasteiger partial charge < -0.3 is 4.74 Å². The van der Waals surface area contributed by atoms with Crippen LogP contribution in [0.3, 0.4) is 0 Å². The van der Waals surface area contributed by atoms with E-state index in [9.17, 15) is 4.79 Å². The first-order valence-electron chi connectivity index (χ1n) is 8.68. The molecule has 2 aromatic carbocycles. The van der Waals surface area contributed by atoms with Crippen LogP contribution >= 0.6 is 15.9 Å². The molecule has 0 saturated heterocycles. The summed E-state index contributed by atoms with van der Waals surface area (Å²) in [6, 6.07) is 13.6. The number of carbonyl (C=O) groups is 1. The summed E-state index contributed by atoms with van der Waals surface area (Å²) in [5, 5.41) is 15.3. The fraction of sp³-hybridized carbons (Fsp3) is 0.286. The van der Waals surface area contributed by atoms with Gasteiger partial charge in [-0.15, -0.1) is 0 Å². The van der Waals surface area contributed by atoms with E-state index in [4.69, 9.17) is 10.00 Å². The molecule has 5 nitrogen and oxygen atoms in total. The van der Waals surface area contributed by atoms with E-state index in [1.807, 2.05) is 50.2 Å². The summed E-state index contributed by atoms with van der Waals surface area (Å²) in [7, 11) is 0. The van der Waals surface area contributed by atoms with Crippen LogP contribution in [0.15, 0.2) is 46.0 Å². The highest BCUT2D eigenvalue weighted by Crippen LogP contribution is 2.32. The van der Waals surface area contributed by atoms with Gasteiger partial charge in [0.05, 0.1) is 11.7 Å². The smallest absolute Gasteiger partial charge is 0.140 e. The number of hydrogen-bond acceptors (Lipinski definition) is 5. The first-order chi connectivity index (χ1) is 12.9. The highest BCUT2D eigenvalue weighted by molar-refractivity contribution is 9.10. The topological polar surface area (TPSA) is 65.7 Å². The number of anilines is 1. The van der Waals surface area contributed by atoms with Crippen LogP contribution in [-0.2, 0) is 4.79 Å². The Morgan fingerprint density at radius 1 is 1.30 bits per heavy atom. The molecule has 0 fully saturated rings. The molecule has 1 aliphatic heterocycles. The zero-order valence-corrected chi connectivity index (χ0v) is 17.1. The van der Waals surface area contributed by atoms with Crippen molar-refractivity contribution in [3.8, 4) is 17.6 Å². The molecular formula is C21H20BrN3O2. The summed E-state index contributed by atoms with van der Waals surface area (Å²) >= 11 is 3.53. The molecule has 0 amide bonds. The Hall–Kier alpha value is -2.65. The fourth-order valence-electron chi connectivity index (χ4n) is 3.05. The molecule has 1 heterocycles. The summed E-state index contributed by atoms with van der Waals surface area (Å²) in [6.45, 7) is 5.58. The monoisotopic (exact) mass is 425 g/mol. The quantitative estimate of drug-likeness (QED) is 0.651. The maximum atomic E-state index is 11.5. The number of carbonyl (C=O) groups excluding carboxylic acids is 1. The van der Waals surface area contributed by atoms with Gasteiger partial charge in [0.1, 0.15) is 29.1 Å². The fourth-order valence-corrected chi connectivity index (χ4v) is 3.51. The Morgan fingerprint density at radius 2 is 2.00 bits per heavy atom. The summed E-state index contributed by atoms with van der Waals surface area (Å²) in [5.74, 6) is 1.61. The summed E-state index contributed by atoms with van der Waals surface area (Å²) in [5.41, 5.74) is 3.43. The van der Waals surface area contributed by atoms with Crippen molar-refractivity contribution in [3.63, 3.8) is 0 Å². The number of hydrogen-bond donors (Lipinski definition) is 0. The number of ether oxygens (including phenoxy) is 1. The van der Waals surface area contributed by atoms with Crippen molar-refractivity contribution in [2.24, 2.45) is 5.10 Å². The zero-order chi connectivity index (χ0) is 19.6. The highest BCUT2D eigenvalue weighted by Gasteiger charge is 2.28. The standard InChI is InChI=1S/C21H20BrN3O2/c1-13-9-21(14(2)8-20(13)22)27-19-6-4-17(5-7-19)25-18(10-15(3)26)11-16(12-23)24-25/h4-9,18H,10-11H2,1-3H3. The molecule has 6 heteroatoms. The largest absolute Gasteiger partial charge is 0.457 e. The number of ketones is 1. The molecule has 27 heavy (non-hydrogen) atoms. The average Bonchev–Trinajstić information content (AvgIpc) is 3.02. The number of Topliss-reactive ketones (excluding diaryl/α,β-unsaturated/α-hetero) is 1. The van der Waals surface area contributed by atoms with Crippen molar-refractivity contribution in [2.45, 2.75) is 39.7 Å². The van der Waals surface area contributed by atoms with Crippen LogP contribution in [0.5, 0.6) is 11.5 Å². The van der Waals surface area contributed by atoms with E-state index in [1.165, 1.54) is 0 Å². The number of halogens is 1. The predicted molar refractivity (Wildman–Crippen MR) is 109 cm³/mol. The molecular weight excluding hydrogens is 406 g/mol. The van der Waals surface area contributed by atoms with Crippen molar-refractivity contribution in [3.05, 3.63) is 52.0 Å². The van der Waals surface area contributed by atoms with Gasteiger partial charge in [0, 0.05) is 17.3 Å². The van der Waals surface area contributed by atoms with Crippen molar-refractivity contribution >= 4 is 33.1 Å². The molecule has 0 radical (unpaired) electrons. The molecule has 0 bridgehead atoms. The second kappa shape index (κ2) is 7.93. The molecule has 0 saturated carbocycles. The lowest BCUT2D eigenvalue weighted by Crippen LogP contribution is -2.28. The Morgan fingerprint density at radius 3 is 2.63 bits per heavy atom. The third-order valence-corrected chi connectivity index (χ3v) is 5.30. The highest BCUT2D eigenvalue weighted by atomic mass is 79.9. The molecule has 1 aliphatic rings. The molecule has 2 aromatic rings. The van der Waals surface area contributed by atoms with Crippen molar-refractivity contribution in [2.75, 3.05) is 5.01 Å². The SMILES string of the molecule is CC(=O)CC1CC(C#N)=NN1c1ccc(Oc2cc(C)c(Br)cc2C)cc1. The van der Waals surface area contributed by atoms with Crippen LogP contribution in [0.1, 0.15) is 30.9 Å². The van der Waals surface area contributed by atoms with Crippen LogP contribution in [0.4, 0.5) is 5.69 Å². The summed E-state index contributed by atoms with van der Waals surface area (Å²) in [6.07, 6.45) is 0.857. The third kappa shape index (κ3) is 4.37. The van der Waals surface area contributed by atoms with Gasteiger partial charge in [-0.05, 0) is 68.3 Å². The maximum Gasteiger partial charge on any atom is 0.140 e. The molecule has 1 atom stereocenters. The van der Waals surface area contributed by atoms with Crippen LogP contribution < -0.4 is 9.75 Å². The first kappa shape index (κ1) is 19.1. The number of nitrogens with zero attached hydrogens (tertiary/aromatic N) is 3. The normalized spacial score (nSPS) is 16.0.